The molecule has 1 aliphatic rings. The summed E-state index contributed by atoms with van der Waals surface area (Å²) in [6, 6.07) is 7.96. The summed E-state index contributed by atoms with van der Waals surface area (Å²) in [7, 11) is 0. The summed E-state index contributed by atoms with van der Waals surface area (Å²) in [6.07, 6.45) is 2.72. The van der Waals surface area contributed by atoms with Gasteiger partial charge in [0.15, 0.2) is 0 Å². The maximum atomic E-state index is 14.6. The molecule has 5 nitrogen and oxygen atoms in total. The molecule has 0 spiro atoms. The second-order valence-corrected chi connectivity index (χ2v) is 5.83. The van der Waals surface area contributed by atoms with E-state index in [-0.39, 0.29) is 23.0 Å². The Balaban J connectivity index is 1.78. The van der Waals surface area contributed by atoms with E-state index in [1.54, 1.807) is 24.3 Å². The fraction of sp³-hybridized carbons (Fsp3) is 0.235. The van der Waals surface area contributed by atoms with Crippen LogP contribution in [0.25, 0.3) is 5.83 Å². The van der Waals surface area contributed by atoms with Crippen molar-refractivity contribution in [2.24, 2.45) is 0 Å². The molecule has 1 fully saturated rings. The summed E-state index contributed by atoms with van der Waals surface area (Å²) >= 11 is 5.75. The van der Waals surface area contributed by atoms with Gasteiger partial charge in [0.2, 0.25) is 0 Å². The monoisotopic (exact) mass is 346 g/mol. The summed E-state index contributed by atoms with van der Waals surface area (Å²) in [5.74, 6) is -0.456. The van der Waals surface area contributed by atoms with Crippen LogP contribution in [0, 0.1) is 0 Å². The molecule has 1 amide bonds. The van der Waals surface area contributed by atoms with Gasteiger partial charge in [0.25, 0.3) is 5.91 Å². The van der Waals surface area contributed by atoms with E-state index in [2.05, 4.69) is 20.6 Å². The molecule has 0 radical (unpaired) electrons. The van der Waals surface area contributed by atoms with Gasteiger partial charge in [-0.05, 0) is 55.8 Å². The van der Waals surface area contributed by atoms with E-state index in [9.17, 15) is 9.18 Å². The van der Waals surface area contributed by atoms with Gasteiger partial charge in [0.1, 0.15) is 23.0 Å². The van der Waals surface area contributed by atoms with E-state index >= 15 is 0 Å². The van der Waals surface area contributed by atoms with E-state index < -0.39 is 5.91 Å². The molecule has 0 atom stereocenters. The molecule has 0 bridgehead atoms. The highest BCUT2D eigenvalue weighted by molar-refractivity contribution is 6.30. The van der Waals surface area contributed by atoms with Crippen molar-refractivity contribution in [3.05, 3.63) is 58.5 Å². The molecule has 124 valence electrons. The third-order valence-electron chi connectivity index (χ3n) is 3.69. The molecule has 2 aromatic heterocycles. The lowest BCUT2D eigenvalue weighted by Gasteiger charge is -2.16. The highest BCUT2D eigenvalue weighted by atomic mass is 35.5. The largest absolute Gasteiger partial charge is 0.316 e. The van der Waals surface area contributed by atoms with Crippen LogP contribution in [0.1, 0.15) is 29.0 Å². The molecule has 3 heterocycles. The van der Waals surface area contributed by atoms with Crippen molar-refractivity contribution in [3.8, 4) is 0 Å². The summed E-state index contributed by atoms with van der Waals surface area (Å²) in [4.78, 5) is 20.3. The number of pyridine rings is 2. The maximum Gasteiger partial charge on any atom is 0.275 e. The highest BCUT2D eigenvalue weighted by Gasteiger charge is 2.15. The number of halogens is 2. The van der Waals surface area contributed by atoms with Crippen molar-refractivity contribution in [1.82, 2.24) is 15.3 Å². The Morgan fingerprint density at radius 3 is 2.67 bits per heavy atom. The van der Waals surface area contributed by atoms with Crippen molar-refractivity contribution in [3.63, 3.8) is 0 Å². The predicted octanol–water partition coefficient (Wildman–Crippen LogP) is 3.45. The van der Waals surface area contributed by atoms with E-state index in [1.807, 2.05) is 0 Å². The van der Waals surface area contributed by atoms with Crippen molar-refractivity contribution >= 4 is 29.2 Å². The number of piperidine rings is 1. The topological polar surface area (TPSA) is 66.9 Å². The first-order valence-electron chi connectivity index (χ1n) is 7.62. The van der Waals surface area contributed by atoms with Crippen LogP contribution >= 0.6 is 11.6 Å². The van der Waals surface area contributed by atoms with Crippen LogP contribution < -0.4 is 10.6 Å². The van der Waals surface area contributed by atoms with Gasteiger partial charge in [0, 0.05) is 6.20 Å². The Hall–Kier alpha value is -2.31. The number of rotatable bonds is 3. The standard InChI is InChI=1S/C17H16ClFN4O/c18-12-4-5-14(21-10-12)17(24)23-15-3-1-2-13(22-15)16(19)11-6-8-20-9-7-11/h1-5,10,20H,6-9H2,(H,22,23,24). The number of amides is 1. The van der Waals surface area contributed by atoms with E-state index in [0.29, 0.717) is 17.9 Å². The average molecular weight is 347 g/mol. The number of anilines is 1. The second kappa shape index (κ2) is 7.51. The number of hydrogen-bond donors (Lipinski definition) is 2. The Kier molecular flexibility index (Phi) is 5.17. The minimum Gasteiger partial charge on any atom is -0.316 e. The lowest BCUT2D eigenvalue weighted by Crippen LogP contribution is -2.23. The van der Waals surface area contributed by atoms with Gasteiger partial charge in [-0.3, -0.25) is 4.79 Å². The van der Waals surface area contributed by atoms with Crippen LogP contribution in [0.4, 0.5) is 10.2 Å². The smallest absolute Gasteiger partial charge is 0.275 e. The first-order valence-corrected chi connectivity index (χ1v) is 8.00. The quantitative estimate of drug-likeness (QED) is 0.893. The Labute approximate surface area is 144 Å². The average Bonchev–Trinajstić information content (AvgIpc) is 2.62. The predicted molar refractivity (Wildman–Crippen MR) is 91.6 cm³/mol. The number of carbonyl (C=O) groups excluding carboxylic acids is 1. The van der Waals surface area contributed by atoms with Gasteiger partial charge in [-0.1, -0.05) is 17.7 Å². The maximum absolute atomic E-state index is 14.6. The fourth-order valence-electron chi connectivity index (χ4n) is 2.45. The molecular formula is C17H16ClFN4O. The number of nitrogens with zero attached hydrogens (tertiary/aromatic N) is 2. The fourth-order valence-corrected chi connectivity index (χ4v) is 2.56. The third-order valence-corrected chi connectivity index (χ3v) is 3.92. The molecule has 0 saturated carbocycles. The molecule has 0 unspecified atom stereocenters. The second-order valence-electron chi connectivity index (χ2n) is 5.39. The molecule has 24 heavy (non-hydrogen) atoms. The lowest BCUT2D eigenvalue weighted by atomic mass is 10.0. The Morgan fingerprint density at radius 1 is 1.17 bits per heavy atom. The zero-order valence-corrected chi connectivity index (χ0v) is 13.6. The summed E-state index contributed by atoms with van der Waals surface area (Å²) < 4.78 is 14.6. The molecular weight excluding hydrogens is 331 g/mol. The molecule has 2 N–H and O–H groups in total. The van der Waals surface area contributed by atoms with Gasteiger partial charge in [-0.25, -0.2) is 14.4 Å². The molecule has 1 aliphatic heterocycles. The zero-order chi connectivity index (χ0) is 16.9. The van der Waals surface area contributed by atoms with E-state index in [0.717, 1.165) is 18.7 Å². The van der Waals surface area contributed by atoms with E-state index in [4.69, 9.17) is 11.6 Å². The normalized spacial score (nSPS) is 14.3. The zero-order valence-electron chi connectivity index (χ0n) is 12.9. The van der Waals surface area contributed by atoms with Crippen molar-refractivity contribution in [2.45, 2.75) is 12.8 Å². The van der Waals surface area contributed by atoms with Crippen molar-refractivity contribution in [2.75, 3.05) is 18.4 Å². The number of carbonyl (C=O) groups is 1. The SMILES string of the molecule is O=C(Nc1cccc(C(F)=C2CCNCC2)n1)c1ccc(Cl)cn1. The molecule has 1 saturated heterocycles. The molecule has 0 aromatic carbocycles. The lowest BCUT2D eigenvalue weighted by molar-refractivity contribution is 0.102. The summed E-state index contributed by atoms with van der Waals surface area (Å²) in [6.45, 7) is 1.53. The first-order chi connectivity index (χ1) is 11.6. The van der Waals surface area contributed by atoms with Crippen LogP contribution in [0.2, 0.25) is 5.02 Å². The molecule has 7 heteroatoms. The van der Waals surface area contributed by atoms with Gasteiger partial charge < -0.3 is 10.6 Å². The molecule has 0 aliphatic carbocycles. The molecule has 3 rings (SSSR count). The van der Waals surface area contributed by atoms with Crippen LogP contribution in [0.3, 0.4) is 0 Å². The first kappa shape index (κ1) is 16.5. The minimum absolute atomic E-state index is 0.212. The number of aromatic nitrogens is 2. The van der Waals surface area contributed by atoms with Gasteiger partial charge >= 0.3 is 0 Å². The van der Waals surface area contributed by atoms with Crippen molar-refractivity contribution in [1.29, 1.82) is 0 Å². The highest BCUT2D eigenvalue weighted by Crippen LogP contribution is 2.25. The minimum atomic E-state index is -0.425. The van der Waals surface area contributed by atoms with Crippen LogP contribution in [0.15, 0.2) is 42.1 Å². The van der Waals surface area contributed by atoms with E-state index in [1.165, 1.54) is 12.3 Å². The van der Waals surface area contributed by atoms with Crippen LogP contribution in [0.5, 0.6) is 0 Å². The van der Waals surface area contributed by atoms with Crippen LogP contribution in [-0.2, 0) is 0 Å². The Morgan fingerprint density at radius 2 is 1.96 bits per heavy atom. The summed E-state index contributed by atoms with van der Waals surface area (Å²) in [5, 5.41) is 6.25. The van der Waals surface area contributed by atoms with Crippen LogP contribution in [-0.4, -0.2) is 29.0 Å². The number of hydrogen-bond acceptors (Lipinski definition) is 4. The Bertz CT molecular complexity index is 768. The van der Waals surface area contributed by atoms with Gasteiger partial charge in [0.05, 0.1) is 5.02 Å². The third kappa shape index (κ3) is 3.96. The van der Waals surface area contributed by atoms with Gasteiger partial charge in [-0.15, -0.1) is 0 Å². The van der Waals surface area contributed by atoms with Crippen molar-refractivity contribution < 1.29 is 9.18 Å². The number of nitrogens with one attached hydrogen (secondary N) is 2. The summed E-state index contributed by atoms with van der Waals surface area (Å²) in [5.41, 5.74) is 1.20. The van der Waals surface area contributed by atoms with Gasteiger partial charge in [-0.2, -0.15) is 0 Å². The molecule has 2 aromatic rings.